The van der Waals surface area contributed by atoms with Gasteiger partial charge in [-0.05, 0) is 111 Å². The summed E-state index contributed by atoms with van der Waals surface area (Å²) in [5.74, 6) is 3.44. The number of esters is 1. The lowest BCUT2D eigenvalue weighted by molar-refractivity contribution is -0.160. The fraction of sp³-hybridized carbons (Fsp3) is 0.929. The molecule has 0 spiro atoms. The third-order valence-corrected chi connectivity index (χ3v) is 11.8. The summed E-state index contributed by atoms with van der Waals surface area (Å²) >= 11 is 0. The first kappa shape index (κ1) is 25.4. The zero-order chi connectivity index (χ0) is 24.2. The van der Waals surface area contributed by atoms with Crippen molar-refractivity contribution < 1.29 is 18.8 Å². The highest BCUT2D eigenvalue weighted by Crippen LogP contribution is 2.67. The SMILES string of the molecule is COC(=O)CC[C@@H](C)[C@H]1CC[C@H]2[C@@H]3C(=O)C[C@@H]4C[C@H](O[Si](C)(C)C)CC[C@]4(C)[C@@H]3CC[C@]12C. The van der Waals surface area contributed by atoms with Crippen molar-refractivity contribution in [2.45, 2.75) is 111 Å². The Labute approximate surface area is 203 Å². The number of hydrogen-bond donors (Lipinski definition) is 0. The average molecular weight is 477 g/mol. The molecule has 4 saturated carbocycles. The molecule has 0 amide bonds. The van der Waals surface area contributed by atoms with Gasteiger partial charge in [0.05, 0.1) is 7.11 Å². The Kier molecular flexibility index (Phi) is 6.99. The Morgan fingerprint density at radius 1 is 1.06 bits per heavy atom. The molecular weight excluding hydrogens is 428 g/mol. The van der Waals surface area contributed by atoms with Crippen LogP contribution in [0, 0.1) is 46.3 Å². The maximum absolute atomic E-state index is 13.7. The molecule has 4 fully saturated rings. The van der Waals surface area contributed by atoms with Crippen molar-refractivity contribution in [1.29, 1.82) is 0 Å². The standard InChI is InChI=1S/C28H48O4Si/c1-18(8-11-25(30)31-4)21-9-10-22-26-23(13-15-28(21,22)3)27(2)14-12-20(32-33(5,6)7)16-19(27)17-24(26)29/h18-23,26H,8-17H2,1-7H3/t18-,19+,20-,21-,22+,23-,26+,27+,28-/m1/s1. The number of methoxy groups -OCH3 is 1. The van der Waals surface area contributed by atoms with E-state index in [0.717, 1.165) is 19.3 Å². The van der Waals surface area contributed by atoms with Gasteiger partial charge in [-0.1, -0.05) is 20.8 Å². The van der Waals surface area contributed by atoms with Crippen LogP contribution in [0.15, 0.2) is 0 Å². The second-order valence-corrected chi connectivity index (χ2v) is 18.0. The molecule has 0 aromatic rings. The summed E-state index contributed by atoms with van der Waals surface area (Å²) in [6.45, 7) is 14.2. The van der Waals surface area contributed by atoms with Gasteiger partial charge in [0.1, 0.15) is 5.78 Å². The molecule has 4 aliphatic carbocycles. The van der Waals surface area contributed by atoms with Crippen LogP contribution in [-0.2, 0) is 18.8 Å². The molecule has 0 bridgehead atoms. The summed E-state index contributed by atoms with van der Waals surface area (Å²) in [5, 5.41) is 0. The predicted octanol–water partition coefficient (Wildman–Crippen LogP) is 6.63. The van der Waals surface area contributed by atoms with Crippen LogP contribution in [0.5, 0.6) is 0 Å². The van der Waals surface area contributed by atoms with E-state index in [4.69, 9.17) is 9.16 Å². The van der Waals surface area contributed by atoms with Gasteiger partial charge in [0, 0.05) is 24.9 Å². The van der Waals surface area contributed by atoms with Gasteiger partial charge in [-0.15, -0.1) is 0 Å². The van der Waals surface area contributed by atoms with Crippen molar-refractivity contribution >= 4 is 20.1 Å². The first-order valence-electron chi connectivity index (χ1n) is 13.7. The van der Waals surface area contributed by atoms with Crippen LogP contribution in [0.1, 0.15) is 85.0 Å². The van der Waals surface area contributed by atoms with Gasteiger partial charge in [0.2, 0.25) is 0 Å². The summed E-state index contributed by atoms with van der Waals surface area (Å²) in [7, 11) is -0.0731. The topological polar surface area (TPSA) is 52.6 Å². The van der Waals surface area contributed by atoms with Gasteiger partial charge >= 0.3 is 5.97 Å². The van der Waals surface area contributed by atoms with Crippen LogP contribution in [0.2, 0.25) is 19.6 Å². The Morgan fingerprint density at radius 3 is 2.39 bits per heavy atom. The number of rotatable bonds is 6. The van der Waals surface area contributed by atoms with Crippen LogP contribution >= 0.6 is 0 Å². The second kappa shape index (κ2) is 9.08. The highest BCUT2D eigenvalue weighted by Gasteiger charge is 2.63. The Hall–Kier alpha value is -0.683. The summed E-state index contributed by atoms with van der Waals surface area (Å²) in [4.78, 5) is 25.5. The number of Topliss-reactive ketones (excluding diaryl/α,β-unsaturated/α-hetero) is 1. The molecule has 4 rings (SSSR count). The quantitative estimate of drug-likeness (QED) is 0.319. The van der Waals surface area contributed by atoms with E-state index in [-0.39, 0.29) is 17.3 Å². The van der Waals surface area contributed by atoms with E-state index in [0.29, 0.717) is 53.3 Å². The summed E-state index contributed by atoms with van der Waals surface area (Å²) < 4.78 is 11.4. The van der Waals surface area contributed by atoms with Crippen LogP contribution in [0.4, 0.5) is 0 Å². The molecule has 33 heavy (non-hydrogen) atoms. The highest BCUT2D eigenvalue weighted by molar-refractivity contribution is 6.69. The van der Waals surface area contributed by atoms with E-state index < -0.39 is 8.32 Å². The lowest BCUT2D eigenvalue weighted by Gasteiger charge is -2.60. The molecule has 0 aromatic carbocycles. The molecule has 4 aliphatic rings. The van der Waals surface area contributed by atoms with Crippen molar-refractivity contribution in [3.05, 3.63) is 0 Å². The zero-order valence-corrected chi connectivity index (χ0v) is 23.2. The van der Waals surface area contributed by atoms with E-state index in [2.05, 4.69) is 40.4 Å². The first-order valence-corrected chi connectivity index (χ1v) is 17.1. The van der Waals surface area contributed by atoms with Crippen molar-refractivity contribution in [1.82, 2.24) is 0 Å². The maximum atomic E-state index is 13.7. The summed E-state index contributed by atoms with van der Waals surface area (Å²) in [5.41, 5.74) is 0.543. The van der Waals surface area contributed by atoms with Gasteiger partial charge in [0.25, 0.3) is 0 Å². The van der Waals surface area contributed by atoms with Crippen LogP contribution in [-0.4, -0.2) is 33.3 Å². The molecule has 0 saturated heterocycles. The molecule has 9 atom stereocenters. The molecule has 5 heteroatoms. The van der Waals surface area contributed by atoms with Gasteiger partial charge in [-0.25, -0.2) is 0 Å². The number of hydrogen-bond acceptors (Lipinski definition) is 4. The fourth-order valence-electron chi connectivity index (χ4n) is 9.12. The normalized spacial score (nSPS) is 43.9. The largest absolute Gasteiger partial charge is 0.469 e. The Bertz CT molecular complexity index is 759. The Morgan fingerprint density at radius 2 is 1.73 bits per heavy atom. The van der Waals surface area contributed by atoms with Crippen molar-refractivity contribution in [2.24, 2.45) is 46.3 Å². The summed E-state index contributed by atoms with van der Waals surface area (Å²) in [6.07, 6.45) is 10.9. The number of ketones is 1. The molecule has 0 N–H and O–H groups in total. The van der Waals surface area contributed by atoms with Crippen molar-refractivity contribution in [3.8, 4) is 0 Å². The predicted molar refractivity (Wildman–Crippen MR) is 134 cm³/mol. The minimum Gasteiger partial charge on any atom is -0.469 e. The number of carbonyl (C=O) groups is 2. The minimum absolute atomic E-state index is 0.0969. The van der Waals surface area contributed by atoms with E-state index in [1.807, 2.05) is 0 Å². The maximum Gasteiger partial charge on any atom is 0.305 e. The summed E-state index contributed by atoms with van der Waals surface area (Å²) in [6, 6.07) is 0. The molecule has 0 heterocycles. The van der Waals surface area contributed by atoms with Crippen molar-refractivity contribution in [2.75, 3.05) is 7.11 Å². The number of ether oxygens (including phenoxy) is 1. The fourth-order valence-corrected chi connectivity index (χ4v) is 10.3. The first-order chi connectivity index (χ1) is 15.4. The van der Waals surface area contributed by atoms with Gasteiger partial charge in [0.15, 0.2) is 8.32 Å². The number of fused-ring (bicyclic) bond motifs is 5. The molecule has 0 unspecified atom stereocenters. The van der Waals surface area contributed by atoms with Gasteiger partial charge < -0.3 is 9.16 Å². The van der Waals surface area contributed by atoms with Crippen LogP contribution in [0.3, 0.4) is 0 Å². The van der Waals surface area contributed by atoms with Crippen molar-refractivity contribution in [3.63, 3.8) is 0 Å². The lowest BCUT2D eigenvalue weighted by atomic mass is 9.44. The molecule has 0 radical (unpaired) electrons. The van der Waals surface area contributed by atoms with Crippen LogP contribution in [0.25, 0.3) is 0 Å². The van der Waals surface area contributed by atoms with E-state index in [1.165, 1.54) is 45.6 Å². The van der Waals surface area contributed by atoms with Crippen LogP contribution < -0.4 is 0 Å². The van der Waals surface area contributed by atoms with E-state index in [9.17, 15) is 9.59 Å². The lowest BCUT2D eigenvalue weighted by Crippen LogP contribution is -2.57. The third kappa shape index (κ3) is 4.62. The van der Waals surface area contributed by atoms with Gasteiger partial charge in [-0.2, -0.15) is 0 Å². The monoisotopic (exact) mass is 476 g/mol. The van der Waals surface area contributed by atoms with E-state index >= 15 is 0 Å². The highest BCUT2D eigenvalue weighted by atomic mass is 28.4. The molecular formula is C28H48O4Si. The molecule has 0 aromatic heterocycles. The minimum atomic E-state index is -1.55. The molecule has 188 valence electrons. The molecule has 4 nitrogen and oxygen atoms in total. The molecule has 0 aliphatic heterocycles. The second-order valence-electron chi connectivity index (χ2n) is 13.6. The average Bonchev–Trinajstić information content (AvgIpc) is 3.09. The Balaban J connectivity index is 1.49. The van der Waals surface area contributed by atoms with E-state index in [1.54, 1.807) is 0 Å². The zero-order valence-electron chi connectivity index (χ0n) is 22.2. The smallest absolute Gasteiger partial charge is 0.305 e. The third-order valence-electron chi connectivity index (χ3n) is 10.7. The van der Waals surface area contributed by atoms with Gasteiger partial charge in [-0.3, -0.25) is 9.59 Å². The number of carbonyl (C=O) groups excluding carboxylic acids is 2.